The van der Waals surface area contributed by atoms with Gasteiger partial charge in [0.1, 0.15) is 0 Å². The zero-order valence-corrected chi connectivity index (χ0v) is 21.0. The Morgan fingerprint density at radius 2 is 0.375 bits per heavy atom. The average molecular weight is 428 g/mol. The fraction of sp³-hybridized carbons (Fsp3) is 0. The maximum atomic E-state index is 0. The normalized spacial score (nSPS) is 0. The van der Waals surface area contributed by atoms with Crippen molar-refractivity contribution in [1.29, 1.82) is 0 Å². The van der Waals surface area contributed by atoms with E-state index in [2.05, 4.69) is 0 Å². The molecule has 0 N–H and O–H groups in total. The molecule has 0 rings (SSSR count). The predicted octanol–water partition coefficient (Wildman–Crippen LogP) is -24.0. The van der Waals surface area contributed by atoms with Crippen molar-refractivity contribution in [3.05, 3.63) is 0 Å². The Morgan fingerprint density at radius 1 is 0.375 bits per heavy atom. The molecule has 0 aromatic carbocycles. The molecule has 0 saturated carbocycles. The van der Waals surface area contributed by atoms with Gasteiger partial charge in [0, 0.05) is 0 Å². The van der Waals surface area contributed by atoms with Crippen LogP contribution < -0.4 is 208 Å². The van der Waals surface area contributed by atoms with Crippen LogP contribution >= 0.6 is 0 Å². The quantitative estimate of drug-likeness (QED) is 0.337. The number of hydrogen-bond donors (Lipinski definition) is 0. The monoisotopic (exact) mass is 424 g/mol. The van der Waals surface area contributed by atoms with E-state index in [1.165, 1.54) is 0 Å². The van der Waals surface area contributed by atoms with Crippen LogP contribution in [0.5, 0.6) is 0 Å². The molecule has 0 amide bonds. The van der Waals surface area contributed by atoms with Gasteiger partial charge in [-0.05, 0) is 0 Å². The molecule has 0 bridgehead atoms. The van der Waals surface area contributed by atoms with E-state index in [0.29, 0.717) is 0 Å². The molecule has 0 fully saturated rings. The van der Waals surface area contributed by atoms with Gasteiger partial charge in [0.15, 0.2) is 0 Å². The van der Waals surface area contributed by atoms with Crippen LogP contribution in [0.15, 0.2) is 0 Å². The third-order valence-corrected chi connectivity index (χ3v) is 0. The summed E-state index contributed by atoms with van der Waals surface area (Å²) in [7, 11) is 0. The Balaban J connectivity index is 0. The van der Waals surface area contributed by atoms with Gasteiger partial charge in [-0.3, -0.25) is 0 Å². The van der Waals surface area contributed by atoms with Gasteiger partial charge in [0.25, 0.3) is 0 Å². The molecular formula is Br4KNa3. The second-order valence-electron chi connectivity index (χ2n) is 0. The molecule has 0 aromatic rings. The van der Waals surface area contributed by atoms with Gasteiger partial charge >= 0.3 is 140 Å². The molecule has 0 aliphatic carbocycles. The largest absolute Gasteiger partial charge is 1.00 e. The van der Waals surface area contributed by atoms with Crippen molar-refractivity contribution in [2.45, 2.75) is 0 Å². The van der Waals surface area contributed by atoms with E-state index < -0.39 is 0 Å². The first-order chi connectivity index (χ1) is 0. The summed E-state index contributed by atoms with van der Waals surface area (Å²) < 4.78 is 0. The van der Waals surface area contributed by atoms with Crippen LogP contribution in [0.1, 0.15) is 0 Å². The van der Waals surface area contributed by atoms with Gasteiger partial charge in [-0.2, -0.15) is 0 Å². The Labute approximate surface area is 202 Å². The second-order valence-corrected chi connectivity index (χ2v) is 0. The first kappa shape index (κ1) is 62.2. The van der Waals surface area contributed by atoms with E-state index in [-0.39, 0.29) is 208 Å². The third-order valence-electron chi connectivity index (χ3n) is 0. The van der Waals surface area contributed by atoms with Gasteiger partial charge in [0.05, 0.1) is 0 Å². The topological polar surface area (TPSA) is 0 Å². The molecule has 0 heterocycles. The first-order valence-electron chi connectivity index (χ1n) is 0. The van der Waals surface area contributed by atoms with Crippen LogP contribution in [0.2, 0.25) is 0 Å². The van der Waals surface area contributed by atoms with Crippen molar-refractivity contribution < 1.29 is 208 Å². The molecule has 0 atom stereocenters. The minimum absolute atomic E-state index is 0. The second kappa shape index (κ2) is 49.7. The van der Waals surface area contributed by atoms with E-state index in [9.17, 15) is 0 Å². The van der Waals surface area contributed by atoms with E-state index in [1.54, 1.807) is 0 Å². The summed E-state index contributed by atoms with van der Waals surface area (Å²) in [6.07, 6.45) is 0. The van der Waals surface area contributed by atoms with Gasteiger partial charge in [0.2, 0.25) is 0 Å². The standard InChI is InChI=1S/4BrH.K.3Na/h4*1H;;;;/q;;;;4*+1/p-4. The average Bonchev–Trinajstić information content (AvgIpc) is 0. The van der Waals surface area contributed by atoms with Crippen molar-refractivity contribution in [2.75, 3.05) is 0 Å². The molecule has 0 spiro atoms. The maximum absolute atomic E-state index is 0. The molecule has 0 unspecified atom stereocenters. The van der Waals surface area contributed by atoms with E-state index in [0.717, 1.165) is 0 Å². The fourth-order valence-electron chi connectivity index (χ4n) is 0. The van der Waals surface area contributed by atoms with Gasteiger partial charge in [-0.15, -0.1) is 0 Å². The molecule has 0 nitrogen and oxygen atoms in total. The van der Waals surface area contributed by atoms with Crippen LogP contribution in [0.25, 0.3) is 0 Å². The molecule has 32 valence electrons. The van der Waals surface area contributed by atoms with Gasteiger partial charge in [-0.25, -0.2) is 0 Å². The van der Waals surface area contributed by atoms with Crippen LogP contribution in [0.4, 0.5) is 0 Å². The maximum Gasteiger partial charge on any atom is 1.00 e. The molecule has 8 heteroatoms. The van der Waals surface area contributed by atoms with Crippen LogP contribution in [-0.4, -0.2) is 0 Å². The minimum Gasteiger partial charge on any atom is -1.00 e. The molecular weight excluding hydrogens is 428 g/mol. The molecule has 0 aliphatic heterocycles. The molecule has 0 saturated heterocycles. The minimum atomic E-state index is 0. The van der Waals surface area contributed by atoms with Crippen molar-refractivity contribution in [1.82, 2.24) is 0 Å². The van der Waals surface area contributed by atoms with E-state index >= 15 is 0 Å². The number of rotatable bonds is 0. The zero-order chi connectivity index (χ0) is 0. The summed E-state index contributed by atoms with van der Waals surface area (Å²) in [6.45, 7) is 0. The van der Waals surface area contributed by atoms with E-state index in [4.69, 9.17) is 0 Å². The Hall–Kier alpha value is 6.56. The van der Waals surface area contributed by atoms with Gasteiger partial charge < -0.3 is 67.9 Å². The third kappa shape index (κ3) is 39.0. The fourth-order valence-corrected chi connectivity index (χ4v) is 0. The molecule has 0 aromatic heterocycles. The predicted molar refractivity (Wildman–Crippen MR) is 0 cm³/mol. The molecule has 0 radical (unpaired) electrons. The summed E-state index contributed by atoms with van der Waals surface area (Å²) in [5.74, 6) is 0. The summed E-state index contributed by atoms with van der Waals surface area (Å²) in [4.78, 5) is 0. The van der Waals surface area contributed by atoms with Crippen molar-refractivity contribution in [3.63, 3.8) is 0 Å². The Bertz CT molecular complexity index is 11.2. The van der Waals surface area contributed by atoms with E-state index in [1.807, 2.05) is 0 Å². The van der Waals surface area contributed by atoms with Gasteiger partial charge in [-0.1, -0.05) is 0 Å². The number of hydrogen-bond acceptors (Lipinski definition) is 0. The summed E-state index contributed by atoms with van der Waals surface area (Å²) in [6, 6.07) is 0. The molecule has 0 aliphatic rings. The van der Waals surface area contributed by atoms with Crippen LogP contribution in [-0.2, 0) is 0 Å². The van der Waals surface area contributed by atoms with Crippen molar-refractivity contribution >= 4 is 0 Å². The van der Waals surface area contributed by atoms with Crippen molar-refractivity contribution in [3.8, 4) is 0 Å². The summed E-state index contributed by atoms with van der Waals surface area (Å²) in [5, 5.41) is 0. The summed E-state index contributed by atoms with van der Waals surface area (Å²) >= 11 is 0. The molecule has 8 heavy (non-hydrogen) atoms. The van der Waals surface area contributed by atoms with Crippen LogP contribution in [0.3, 0.4) is 0 Å². The summed E-state index contributed by atoms with van der Waals surface area (Å²) in [5.41, 5.74) is 0. The SMILES string of the molecule is [Br-].[Br-].[Br-].[Br-].[K+].[Na+].[Na+].[Na+]. The van der Waals surface area contributed by atoms with Crippen molar-refractivity contribution in [2.24, 2.45) is 0 Å². The zero-order valence-electron chi connectivity index (χ0n) is 5.51. The van der Waals surface area contributed by atoms with Crippen LogP contribution in [0, 0.1) is 0 Å². The Morgan fingerprint density at radius 3 is 0.375 bits per heavy atom. The first-order valence-corrected chi connectivity index (χ1v) is 0. The Kier molecular flexibility index (Phi) is 387. The smallest absolute Gasteiger partial charge is 1.00 e. The number of halogens is 4.